The van der Waals surface area contributed by atoms with Gasteiger partial charge in [0.2, 0.25) is 0 Å². The van der Waals surface area contributed by atoms with Crippen LogP contribution in [-0.4, -0.2) is 17.5 Å². The first-order chi connectivity index (χ1) is 9.49. The Balaban J connectivity index is 2.98. The molecular weight excluding hydrogens is 374 g/mol. The fourth-order valence-corrected chi connectivity index (χ4v) is 2.60. The van der Waals surface area contributed by atoms with Crippen molar-refractivity contribution < 1.29 is 9.31 Å². The molecule has 0 saturated heterocycles. The van der Waals surface area contributed by atoms with Crippen LogP contribution in [-0.2, 0) is 6.42 Å². The Morgan fingerprint density at radius 3 is 2.65 bits per heavy atom. The Morgan fingerprint density at radius 2 is 2.10 bits per heavy atom. The highest BCUT2D eigenvalue weighted by atomic mass is 127. The van der Waals surface area contributed by atoms with Gasteiger partial charge in [0.05, 0.1) is 8.49 Å². The lowest BCUT2D eigenvalue weighted by atomic mass is 10.0. The Hall–Kier alpha value is -0.760. The summed E-state index contributed by atoms with van der Waals surface area (Å²) in [6.07, 6.45) is 3.40. The number of nitrogens with zero attached hydrogens (tertiary/aromatic N) is 1. The third kappa shape index (κ3) is 4.97. The third-order valence-corrected chi connectivity index (χ3v) is 3.93. The van der Waals surface area contributed by atoms with Crippen LogP contribution in [0.2, 0.25) is 0 Å². The Morgan fingerprint density at radius 1 is 1.40 bits per heavy atom. The van der Waals surface area contributed by atoms with Crippen molar-refractivity contribution in [1.29, 1.82) is 0 Å². The first-order valence-electron chi connectivity index (χ1n) is 6.85. The van der Waals surface area contributed by atoms with E-state index in [1.54, 1.807) is 22.6 Å². The SMILES string of the molecule is CCCNC(CCC)Cc1cc(F)c(I)cc1[N+](=O)[O-]. The lowest BCUT2D eigenvalue weighted by Gasteiger charge is -2.18. The van der Waals surface area contributed by atoms with Crippen molar-refractivity contribution in [2.75, 3.05) is 6.54 Å². The minimum absolute atomic E-state index is 0.00945. The Kier molecular flexibility index (Phi) is 7.36. The zero-order chi connectivity index (χ0) is 15.1. The molecule has 0 aliphatic rings. The average molecular weight is 394 g/mol. The number of hydrogen-bond donors (Lipinski definition) is 1. The van der Waals surface area contributed by atoms with E-state index in [-0.39, 0.29) is 15.3 Å². The van der Waals surface area contributed by atoms with Crippen molar-refractivity contribution in [3.63, 3.8) is 0 Å². The molecule has 0 radical (unpaired) electrons. The van der Waals surface area contributed by atoms with Crippen LogP contribution in [0.15, 0.2) is 12.1 Å². The molecule has 4 nitrogen and oxygen atoms in total. The molecule has 0 aromatic heterocycles. The van der Waals surface area contributed by atoms with Crippen LogP contribution in [0.5, 0.6) is 0 Å². The quantitative estimate of drug-likeness (QED) is 0.411. The molecule has 0 amide bonds. The normalized spacial score (nSPS) is 12.4. The summed E-state index contributed by atoms with van der Waals surface area (Å²) >= 11 is 1.78. The average Bonchev–Trinajstić information content (AvgIpc) is 2.39. The zero-order valence-electron chi connectivity index (χ0n) is 11.8. The molecule has 1 N–H and O–H groups in total. The second kappa shape index (κ2) is 8.51. The Labute approximate surface area is 132 Å². The summed E-state index contributed by atoms with van der Waals surface area (Å²) in [6, 6.07) is 2.77. The van der Waals surface area contributed by atoms with Gasteiger partial charge in [-0.3, -0.25) is 10.1 Å². The second-order valence-electron chi connectivity index (χ2n) is 4.80. The molecular formula is C14H20FIN2O2. The second-order valence-corrected chi connectivity index (χ2v) is 5.96. The monoisotopic (exact) mass is 394 g/mol. The zero-order valence-corrected chi connectivity index (χ0v) is 13.9. The standard InChI is InChI=1S/C14H20FIN2O2/c1-3-5-11(17-6-4-2)7-10-8-12(15)13(16)9-14(10)18(19)20/h8-9,11,17H,3-7H2,1-2H3. The summed E-state index contributed by atoms with van der Waals surface area (Å²) in [5.74, 6) is -0.392. The molecule has 0 heterocycles. The molecule has 0 fully saturated rings. The predicted octanol–water partition coefficient (Wildman–Crippen LogP) is 4.05. The van der Waals surface area contributed by atoms with Gasteiger partial charge >= 0.3 is 0 Å². The summed E-state index contributed by atoms with van der Waals surface area (Å²) in [5, 5.41) is 14.5. The van der Waals surface area contributed by atoms with Crippen LogP contribution in [0.25, 0.3) is 0 Å². The molecule has 112 valence electrons. The minimum atomic E-state index is -0.431. The van der Waals surface area contributed by atoms with E-state index in [4.69, 9.17) is 0 Å². The molecule has 0 aliphatic carbocycles. The summed E-state index contributed by atoms with van der Waals surface area (Å²) in [4.78, 5) is 10.7. The van der Waals surface area contributed by atoms with Gasteiger partial charge in [-0.05, 0) is 54.5 Å². The fraction of sp³-hybridized carbons (Fsp3) is 0.571. The smallest absolute Gasteiger partial charge is 0.273 e. The van der Waals surface area contributed by atoms with Crippen LogP contribution in [0.4, 0.5) is 10.1 Å². The summed E-state index contributed by atoms with van der Waals surface area (Å²) in [7, 11) is 0. The molecule has 0 aliphatic heterocycles. The topological polar surface area (TPSA) is 55.2 Å². The van der Waals surface area contributed by atoms with Crippen molar-refractivity contribution in [2.45, 2.75) is 45.6 Å². The van der Waals surface area contributed by atoms with Gasteiger partial charge in [-0.25, -0.2) is 4.39 Å². The van der Waals surface area contributed by atoms with Crippen molar-refractivity contribution in [2.24, 2.45) is 0 Å². The minimum Gasteiger partial charge on any atom is -0.314 e. The summed E-state index contributed by atoms with van der Waals surface area (Å²) in [6.45, 7) is 5.01. The number of rotatable bonds is 8. The van der Waals surface area contributed by atoms with Gasteiger partial charge < -0.3 is 5.32 Å². The van der Waals surface area contributed by atoms with Crippen molar-refractivity contribution >= 4 is 28.3 Å². The van der Waals surface area contributed by atoms with Crippen LogP contribution >= 0.6 is 22.6 Å². The maximum Gasteiger partial charge on any atom is 0.273 e. The molecule has 0 saturated carbocycles. The van der Waals surface area contributed by atoms with Gasteiger partial charge in [-0.15, -0.1) is 0 Å². The molecule has 20 heavy (non-hydrogen) atoms. The van der Waals surface area contributed by atoms with Gasteiger partial charge in [-0.2, -0.15) is 0 Å². The number of halogens is 2. The maximum atomic E-state index is 13.7. The summed E-state index contributed by atoms with van der Waals surface area (Å²) in [5.41, 5.74) is 0.477. The van der Waals surface area contributed by atoms with Gasteiger partial charge in [0.15, 0.2) is 0 Å². The van der Waals surface area contributed by atoms with Gasteiger partial charge in [0.1, 0.15) is 5.82 Å². The predicted molar refractivity (Wildman–Crippen MR) is 86.5 cm³/mol. The van der Waals surface area contributed by atoms with Gasteiger partial charge in [0.25, 0.3) is 5.69 Å². The van der Waals surface area contributed by atoms with Gasteiger partial charge in [-0.1, -0.05) is 20.3 Å². The van der Waals surface area contributed by atoms with E-state index in [1.807, 2.05) is 0 Å². The number of hydrogen-bond acceptors (Lipinski definition) is 3. The Bertz CT molecular complexity index is 469. The number of nitro benzene ring substituents is 1. The van der Waals surface area contributed by atoms with Gasteiger partial charge in [0, 0.05) is 17.7 Å². The largest absolute Gasteiger partial charge is 0.314 e. The lowest BCUT2D eigenvalue weighted by Crippen LogP contribution is -2.31. The molecule has 6 heteroatoms. The van der Waals surface area contributed by atoms with Crippen molar-refractivity contribution in [3.05, 3.63) is 37.2 Å². The highest BCUT2D eigenvalue weighted by molar-refractivity contribution is 14.1. The molecule has 1 aromatic rings. The highest BCUT2D eigenvalue weighted by Crippen LogP contribution is 2.26. The van der Waals surface area contributed by atoms with Crippen LogP contribution in [0.3, 0.4) is 0 Å². The van der Waals surface area contributed by atoms with Crippen molar-refractivity contribution in [3.8, 4) is 0 Å². The van der Waals surface area contributed by atoms with E-state index >= 15 is 0 Å². The fourth-order valence-electron chi connectivity index (χ4n) is 2.15. The number of benzene rings is 1. The molecule has 0 bridgehead atoms. The number of nitro groups is 1. The van der Waals surface area contributed by atoms with E-state index in [9.17, 15) is 14.5 Å². The van der Waals surface area contributed by atoms with E-state index in [0.29, 0.717) is 12.0 Å². The van der Waals surface area contributed by atoms with Crippen molar-refractivity contribution in [1.82, 2.24) is 5.32 Å². The maximum absolute atomic E-state index is 13.7. The first kappa shape index (κ1) is 17.3. The van der Waals surface area contributed by atoms with Crippen LogP contribution in [0, 0.1) is 19.5 Å². The van der Waals surface area contributed by atoms with E-state index < -0.39 is 10.7 Å². The number of nitrogens with one attached hydrogen (secondary N) is 1. The summed E-state index contributed by atoms with van der Waals surface area (Å²) < 4.78 is 13.9. The molecule has 1 aromatic carbocycles. The van der Waals surface area contributed by atoms with Crippen LogP contribution < -0.4 is 5.32 Å². The highest BCUT2D eigenvalue weighted by Gasteiger charge is 2.20. The molecule has 1 rings (SSSR count). The first-order valence-corrected chi connectivity index (χ1v) is 7.93. The lowest BCUT2D eigenvalue weighted by molar-refractivity contribution is -0.385. The van der Waals surface area contributed by atoms with Crippen LogP contribution in [0.1, 0.15) is 38.7 Å². The van der Waals surface area contributed by atoms with E-state index in [2.05, 4.69) is 19.2 Å². The molecule has 0 spiro atoms. The molecule has 1 atom stereocenters. The van der Waals surface area contributed by atoms with E-state index in [0.717, 1.165) is 25.8 Å². The third-order valence-electron chi connectivity index (χ3n) is 3.10. The van der Waals surface area contributed by atoms with E-state index in [1.165, 1.54) is 12.1 Å². The molecule has 1 unspecified atom stereocenters.